The summed E-state index contributed by atoms with van der Waals surface area (Å²) in [5.41, 5.74) is 0. The summed E-state index contributed by atoms with van der Waals surface area (Å²) in [6, 6.07) is 0. The molecule has 0 aliphatic carbocycles. The van der Waals surface area contributed by atoms with Crippen molar-refractivity contribution >= 4 is 7.82 Å². The minimum Gasteiger partial charge on any atom is -0.394 e. The Bertz CT molecular complexity index is 442. The van der Waals surface area contributed by atoms with Crippen molar-refractivity contribution in [3.63, 3.8) is 0 Å². The molecule has 0 aromatic carbocycles. The molecule has 0 spiro atoms. The topological polar surface area (TPSA) is 96.2 Å². The van der Waals surface area contributed by atoms with Gasteiger partial charge in [-0.25, -0.2) is 4.57 Å². The van der Waals surface area contributed by atoms with Gasteiger partial charge in [-0.1, -0.05) is 0 Å². The highest BCUT2D eigenvalue weighted by Crippen LogP contribution is 2.42. The SMILES string of the molecule is [2H]C([2H])([2H])[N+](CCOP(=O)(O)OC[C@H](O)CO)(C([2H])([2H])[2H])C([2H])([2H])[2H]. The van der Waals surface area contributed by atoms with Crippen molar-refractivity contribution in [1.29, 1.82) is 0 Å². The van der Waals surface area contributed by atoms with Crippen LogP contribution < -0.4 is 0 Å². The van der Waals surface area contributed by atoms with Crippen molar-refractivity contribution in [3.05, 3.63) is 0 Å². The predicted octanol–water partition coefficient (Wildman–Crippen LogP) is -0.821. The summed E-state index contributed by atoms with van der Waals surface area (Å²) in [5, 5.41) is 17.6. The van der Waals surface area contributed by atoms with E-state index in [4.69, 9.17) is 22.5 Å². The van der Waals surface area contributed by atoms with Crippen LogP contribution in [-0.4, -0.2) is 73.0 Å². The number of hydrogen-bond acceptors (Lipinski definition) is 5. The Labute approximate surface area is 108 Å². The smallest absolute Gasteiger partial charge is 0.394 e. The molecule has 16 heavy (non-hydrogen) atoms. The lowest BCUT2D eigenvalue weighted by Gasteiger charge is -2.24. The van der Waals surface area contributed by atoms with Crippen LogP contribution in [0.2, 0.25) is 0 Å². The fourth-order valence-electron chi connectivity index (χ4n) is 0.563. The third kappa shape index (κ3) is 9.23. The molecule has 0 aromatic rings. The summed E-state index contributed by atoms with van der Waals surface area (Å²) in [6.07, 6.45) is -1.48. The minimum atomic E-state index is -4.83. The van der Waals surface area contributed by atoms with Crippen molar-refractivity contribution in [2.24, 2.45) is 0 Å². The van der Waals surface area contributed by atoms with Gasteiger partial charge < -0.3 is 19.6 Å². The lowest BCUT2D eigenvalue weighted by molar-refractivity contribution is -0.870. The highest BCUT2D eigenvalue weighted by Gasteiger charge is 2.23. The van der Waals surface area contributed by atoms with Crippen molar-refractivity contribution < 1.29 is 45.5 Å². The first-order chi connectivity index (χ1) is 10.9. The van der Waals surface area contributed by atoms with Crippen LogP contribution in [0.1, 0.15) is 12.3 Å². The average Bonchev–Trinajstić information content (AvgIpc) is 2.36. The van der Waals surface area contributed by atoms with Crippen LogP contribution in [0.5, 0.6) is 0 Å². The number of hydrogen-bond donors (Lipinski definition) is 3. The van der Waals surface area contributed by atoms with Crippen LogP contribution in [0.15, 0.2) is 0 Å². The molecular weight excluding hydrogens is 237 g/mol. The molecular formula is C8H21NO6P+. The van der Waals surface area contributed by atoms with Crippen LogP contribution in [0.4, 0.5) is 0 Å². The van der Waals surface area contributed by atoms with Gasteiger partial charge in [-0.05, 0) is 0 Å². The quantitative estimate of drug-likeness (QED) is 0.393. The molecule has 0 aliphatic heterocycles. The maximum atomic E-state index is 11.6. The molecule has 0 aromatic heterocycles. The Hall–Kier alpha value is -0.0100. The van der Waals surface area contributed by atoms with Crippen LogP contribution >= 0.6 is 7.82 Å². The molecule has 0 saturated carbocycles. The van der Waals surface area contributed by atoms with E-state index in [9.17, 15) is 9.46 Å². The summed E-state index contributed by atoms with van der Waals surface area (Å²) in [7, 11) is -4.83. The highest BCUT2D eigenvalue weighted by molar-refractivity contribution is 7.47. The van der Waals surface area contributed by atoms with Gasteiger partial charge in [0.25, 0.3) is 0 Å². The molecule has 2 atom stereocenters. The van der Waals surface area contributed by atoms with E-state index in [-0.39, 0.29) is 0 Å². The van der Waals surface area contributed by atoms with Crippen LogP contribution in [0.3, 0.4) is 0 Å². The third-order valence-electron chi connectivity index (χ3n) is 1.32. The van der Waals surface area contributed by atoms with Gasteiger partial charge in [-0.3, -0.25) is 9.05 Å². The van der Waals surface area contributed by atoms with Gasteiger partial charge in [0, 0.05) is 0 Å². The van der Waals surface area contributed by atoms with Crippen molar-refractivity contribution in [1.82, 2.24) is 0 Å². The number of likely N-dealkylation sites (N-methyl/N-ethyl adjacent to an activating group) is 1. The zero-order valence-electron chi connectivity index (χ0n) is 17.4. The van der Waals surface area contributed by atoms with E-state index in [2.05, 4.69) is 9.05 Å². The van der Waals surface area contributed by atoms with E-state index in [0.29, 0.717) is 0 Å². The van der Waals surface area contributed by atoms with Gasteiger partial charge in [-0.15, -0.1) is 0 Å². The molecule has 1 unspecified atom stereocenters. The molecule has 0 amide bonds. The summed E-state index contributed by atoms with van der Waals surface area (Å²) in [6.45, 7) is -14.3. The zero-order valence-corrected chi connectivity index (χ0v) is 9.26. The Kier molecular flexibility index (Phi) is 2.60. The number of aliphatic hydroxyl groups excluding tert-OH is 2. The number of aliphatic hydroxyl groups is 2. The fourth-order valence-corrected chi connectivity index (χ4v) is 1.31. The highest BCUT2D eigenvalue weighted by atomic mass is 31.2. The number of nitrogens with zero attached hydrogens (tertiary/aromatic N) is 1. The second kappa shape index (κ2) is 6.66. The largest absolute Gasteiger partial charge is 0.472 e. The van der Waals surface area contributed by atoms with Crippen LogP contribution in [0, 0.1) is 0 Å². The first-order valence-corrected chi connectivity index (χ1v) is 5.70. The van der Waals surface area contributed by atoms with Crippen LogP contribution in [0.25, 0.3) is 0 Å². The van der Waals surface area contributed by atoms with Crippen molar-refractivity contribution in [2.45, 2.75) is 6.10 Å². The Balaban J connectivity index is 5.30. The first kappa shape index (κ1) is 6.24. The molecule has 7 nitrogen and oxygen atoms in total. The monoisotopic (exact) mass is 267 g/mol. The molecule has 0 saturated heterocycles. The number of rotatable bonds is 8. The Morgan fingerprint density at radius 1 is 1.44 bits per heavy atom. The number of quaternary nitrogens is 1. The molecule has 0 fully saturated rings. The van der Waals surface area contributed by atoms with Gasteiger partial charge in [0.2, 0.25) is 0 Å². The molecule has 0 radical (unpaired) electrons. The second-order valence-corrected chi connectivity index (χ2v) is 4.42. The lowest BCUT2D eigenvalue weighted by Crippen LogP contribution is -2.37. The molecule has 0 bridgehead atoms. The van der Waals surface area contributed by atoms with E-state index in [1.54, 1.807) is 0 Å². The lowest BCUT2D eigenvalue weighted by atomic mass is 10.4. The molecule has 0 rings (SSSR count). The summed E-state index contributed by atoms with van der Waals surface area (Å²) >= 11 is 0. The standard InChI is InChI=1S/C8H20NO6P/c1-9(2,3)4-5-14-16(12,13)15-7-8(11)6-10/h8,10-11H,4-7H2,1-3H3/p+1/t8-/m1/s1/i1D3,2D3,3D3. The summed E-state index contributed by atoms with van der Waals surface area (Å²) in [5.74, 6) is 0. The number of phosphoric ester groups is 1. The van der Waals surface area contributed by atoms with E-state index >= 15 is 0 Å². The average molecular weight is 267 g/mol. The van der Waals surface area contributed by atoms with Gasteiger partial charge in [0.15, 0.2) is 0 Å². The second-order valence-electron chi connectivity index (χ2n) is 2.97. The maximum Gasteiger partial charge on any atom is 0.472 e. The van der Waals surface area contributed by atoms with Crippen LogP contribution in [-0.2, 0) is 13.6 Å². The first-order valence-electron chi connectivity index (χ1n) is 8.70. The fraction of sp³-hybridized carbons (Fsp3) is 1.00. The third-order valence-corrected chi connectivity index (χ3v) is 2.31. The Morgan fingerprint density at radius 3 is 2.56 bits per heavy atom. The van der Waals surface area contributed by atoms with Gasteiger partial charge >= 0.3 is 7.82 Å². The summed E-state index contributed by atoms with van der Waals surface area (Å²) < 4.78 is 84.1. The van der Waals surface area contributed by atoms with E-state index in [1.165, 1.54) is 0 Å². The molecule has 0 heterocycles. The molecule has 8 heteroatoms. The normalized spacial score (nSPS) is 28.8. The van der Waals surface area contributed by atoms with Gasteiger partial charge in [0.05, 0.1) is 46.5 Å². The zero-order chi connectivity index (χ0) is 20.3. The Morgan fingerprint density at radius 2 is 2.06 bits per heavy atom. The van der Waals surface area contributed by atoms with Crippen molar-refractivity contribution in [3.8, 4) is 0 Å². The molecule has 0 aliphatic rings. The van der Waals surface area contributed by atoms with E-state index in [1.807, 2.05) is 0 Å². The molecule has 98 valence electrons. The maximum absolute atomic E-state index is 11.6. The van der Waals surface area contributed by atoms with Crippen molar-refractivity contribution in [2.75, 3.05) is 47.3 Å². The minimum absolute atomic E-state index is 0.767. The van der Waals surface area contributed by atoms with Gasteiger partial charge in [0.1, 0.15) is 19.3 Å². The molecule has 3 N–H and O–H groups in total. The van der Waals surface area contributed by atoms with E-state index in [0.717, 1.165) is 0 Å². The summed E-state index contributed by atoms with van der Waals surface area (Å²) in [4.78, 5) is 9.35. The van der Waals surface area contributed by atoms with E-state index < -0.39 is 65.7 Å². The van der Waals surface area contributed by atoms with Gasteiger partial charge in [-0.2, -0.15) is 0 Å². The predicted molar refractivity (Wildman–Crippen MR) is 57.7 cm³/mol. The number of phosphoric acid groups is 1.